The third kappa shape index (κ3) is 2.81. The summed E-state index contributed by atoms with van der Waals surface area (Å²) < 4.78 is 2.19. The number of nitrogens with zero attached hydrogens (tertiary/aromatic N) is 2. The molecule has 106 valence electrons. The number of carboxylic acid groups (broad SMARTS) is 1. The monoisotopic (exact) mass is 265 g/mol. The van der Waals surface area contributed by atoms with E-state index in [2.05, 4.69) is 35.6 Å². The van der Waals surface area contributed by atoms with E-state index in [1.165, 1.54) is 5.69 Å². The van der Waals surface area contributed by atoms with Crippen molar-refractivity contribution in [2.45, 2.75) is 58.7 Å². The molecule has 0 aliphatic carbocycles. The molecule has 0 fully saturated rings. The molecule has 1 aromatic rings. The van der Waals surface area contributed by atoms with Gasteiger partial charge in [0.2, 0.25) is 0 Å². The summed E-state index contributed by atoms with van der Waals surface area (Å²) in [4.78, 5) is 15.6. The molecule has 0 amide bonds. The minimum Gasteiger partial charge on any atom is -0.480 e. The fourth-order valence-electron chi connectivity index (χ4n) is 2.67. The summed E-state index contributed by atoms with van der Waals surface area (Å²) in [6.07, 6.45) is 4.61. The topological polar surface area (TPSA) is 67.2 Å². The van der Waals surface area contributed by atoms with Crippen molar-refractivity contribution in [1.29, 1.82) is 0 Å². The molecule has 5 heteroatoms. The van der Waals surface area contributed by atoms with Gasteiger partial charge in [-0.25, -0.2) is 4.98 Å². The van der Waals surface area contributed by atoms with E-state index in [1.54, 1.807) is 0 Å². The number of hydrogen-bond donors (Lipinski definition) is 2. The summed E-state index contributed by atoms with van der Waals surface area (Å²) in [5.74, 6) is -0.447. The van der Waals surface area contributed by atoms with Crippen LogP contribution in [0.4, 0.5) is 0 Å². The van der Waals surface area contributed by atoms with Crippen LogP contribution in [0.5, 0.6) is 0 Å². The largest absolute Gasteiger partial charge is 0.480 e. The van der Waals surface area contributed by atoms with E-state index in [1.807, 2.05) is 6.33 Å². The van der Waals surface area contributed by atoms with Crippen molar-refractivity contribution in [3.63, 3.8) is 0 Å². The Bertz CT molecular complexity index is 454. The Morgan fingerprint density at radius 1 is 1.63 bits per heavy atom. The van der Waals surface area contributed by atoms with E-state index >= 15 is 0 Å². The van der Waals surface area contributed by atoms with Gasteiger partial charge in [-0.15, -0.1) is 0 Å². The van der Waals surface area contributed by atoms with Crippen molar-refractivity contribution in [3.8, 4) is 0 Å². The SMILES string of the molecule is CCCCn1cnc2c1C(C(C)C)NC(C(=O)O)C2. The highest BCUT2D eigenvalue weighted by Crippen LogP contribution is 2.30. The fraction of sp³-hybridized carbons (Fsp3) is 0.714. The standard InChI is InChI=1S/C14H23N3O2/c1-4-5-6-17-8-15-10-7-11(14(18)19)16-12(9(2)3)13(10)17/h8-9,11-12,16H,4-7H2,1-3H3,(H,18,19). The average molecular weight is 265 g/mol. The maximum atomic E-state index is 11.2. The number of aryl methyl sites for hydroxylation is 1. The molecule has 2 rings (SSSR count). The molecule has 0 radical (unpaired) electrons. The molecule has 5 nitrogen and oxygen atoms in total. The van der Waals surface area contributed by atoms with Gasteiger partial charge in [-0.1, -0.05) is 27.2 Å². The highest BCUT2D eigenvalue weighted by Gasteiger charge is 2.34. The number of carboxylic acids is 1. The molecule has 1 aromatic heterocycles. The van der Waals surface area contributed by atoms with Crippen molar-refractivity contribution >= 4 is 5.97 Å². The number of unbranched alkanes of at least 4 members (excludes halogenated alkanes) is 1. The Balaban J connectivity index is 2.31. The summed E-state index contributed by atoms with van der Waals surface area (Å²) in [5.41, 5.74) is 2.13. The van der Waals surface area contributed by atoms with Gasteiger partial charge in [0.1, 0.15) is 6.04 Å². The molecule has 0 bridgehead atoms. The van der Waals surface area contributed by atoms with E-state index in [0.717, 1.165) is 25.1 Å². The Kier molecular flexibility index (Phi) is 4.24. The van der Waals surface area contributed by atoms with Crippen molar-refractivity contribution in [2.75, 3.05) is 0 Å². The quantitative estimate of drug-likeness (QED) is 0.854. The van der Waals surface area contributed by atoms with Crippen molar-refractivity contribution < 1.29 is 9.90 Å². The highest BCUT2D eigenvalue weighted by molar-refractivity contribution is 5.74. The van der Waals surface area contributed by atoms with Crippen molar-refractivity contribution in [1.82, 2.24) is 14.9 Å². The van der Waals surface area contributed by atoms with Crippen LogP contribution in [0.1, 0.15) is 51.0 Å². The fourth-order valence-corrected chi connectivity index (χ4v) is 2.67. The third-order valence-electron chi connectivity index (χ3n) is 3.75. The summed E-state index contributed by atoms with van der Waals surface area (Å²) >= 11 is 0. The smallest absolute Gasteiger partial charge is 0.321 e. The minimum atomic E-state index is -0.792. The molecule has 0 aromatic carbocycles. The second-order valence-electron chi connectivity index (χ2n) is 5.61. The Morgan fingerprint density at radius 2 is 2.37 bits per heavy atom. The van der Waals surface area contributed by atoms with Crippen LogP contribution in [-0.4, -0.2) is 26.7 Å². The normalized spacial score (nSPS) is 22.5. The number of rotatable bonds is 5. The van der Waals surface area contributed by atoms with Gasteiger partial charge < -0.3 is 9.67 Å². The summed E-state index contributed by atoms with van der Waals surface area (Å²) in [6.45, 7) is 7.36. The van der Waals surface area contributed by atoms with E-state index in [-0.39, 0.29) is 6.04 Å². The number of nitrogens with one attached hydrogen (secondary N) is 1. The van der Waals surface area contributed by atoms with E-state index < -0.39 is 12.0 Å². The second kappa shape index (κ2) is 5.74. The third-order valence-corrected chi connectivity index (χ3v) is 3.75. The van der Waals surface area contributed by atoms with Crippen LogP contribution in [-0.2, 0) is 17.8 Å². The Labute approximate surface area is 114 Å². The first-order valence-corrected chi connectivity index (χ1v) is 7.07. The van der Waals surface area contributed by atoms with Gasteiger partial charge in [-0.2, -0.15) is 0 Å². The number of aliphatic carboxylic acids is 1. The number of hydrogen-bond acceptors (Lipinski definition) is 3. The molecule has 0 saturated heterocycles. The van der Waals surface area contributed by atoms with E-state index in [9.17, 15) is 9.90 Å². The molecule has 2 heterocycles. The maximum Gasteiger partial charge on any atom is 0.321 e. The summed E-state index contributed by atoms with van der Waals surface area (Å²) in [5, 5.41) is 12.5. The molecule has 19 heavy (non-hydrogen) atoms. The first kappa shape index (κ1) is 14.1. The minimum absolute atomic E-state index is 0.0733. The molecule has 1 aliphatic heterocycles. The van der Waals surface area contributed by atoms with Gasteiger partial charge >= 0.3 is 5.97 Å². The Hall–Kier alpha value is -1.36. The molecule has 2 N–H and O–H groups in total. The molecule has 1 aliphatic rings. The number of aromatic nitrogens is 2. The first-order valence-electron chi connectivity index (χ1n) is 7.07. The van der Waals surface area contributed by atoms with Crippen LogP contribution >= 0.6 is 0 Å². The van der Waals surface area contributed by atoms with Gasteiger partial charge in [0.05, 0.1) is 23.8 Å². The van der Waals surface area contributed by atoms with Crippen molar-refractivity contribution in [2.24, 2.45) is 5.92 Å². The van der Waals surface area contributed by atoms with Crippen LogP contribution in [0.15, 0.2) is 6.33 Å². The average Bonchev–Trinajstić information content (AvgIpc) is 2.77. The summed E-state index contributed by atoms with van der Waals surface area (Å²) in [6, 6.07) is -0.446. The lowest BCUT2D eigenvalue weighted by molar-refractivity contribution is -0.140. The zero-order chi connectivity index (χ0) is 14.0. The van der Waals surface area contributed by atoms with Gasteiger partial charge in [-0.3, -0.25) is 10.1 Å². The highest BCUT2D eigenvalue weighted by atomic mass is 16.4. The second-order valence-corrected chi connectivity index (χ2v) is 5.61. The van der Waals surface area contributed by atoms with E-state index in [0.29, 0.717) is 12.3 Å². The van der Waals surface area contributed by atoms with E-state index in [4.69, 9.17) is 0 Å². The summed E-state index contributed by atoms with van der Waals surface area (Å²) in [7, 11) is 0. The Morgan fingerprint density at radius 3 is 2.95 bits per heavy atom. The predicted molar refractivity (Wildman–Crippen MR) is 73.0 cm³/mol. The van der Waals surface area contributed by atoms with Gasteiger partial charge in [0.25, 0.3) is 0 Å². The zero-order valence-corrected chi connectivity index (χ0v) is 11.9. The molecule has 2 atom stereocenters. The van der Waals surface area contributed by atoms with Gasteiger partial charge in [-0.05, 0) is 12.3 Å². The lowest BCUT2D eigenvalue weighted by Gasteiger charge is -2.32. The molecular formula is C14H23N3O2. The first-order chi connectivity index (χ1) is 9.04. The van der Waals surface area contributed by atoms with Crippen LogP contribution in [0.3, 0.4) is 0 Å². The van der Waals surface area contributed by atoms with Gasteiger partial charge in [0, 0.05) is 13.0 Å². The predicted octanol–water partition coefficient (Wildman–Crippen LogP) is 1.98. The lowest BCUT2D eigenvalue weighted by Crippen LogP contribution is -2.46. The van der Waals surface area contributed by atoms with Gasteiger partial charge in [0.15, 0.2) is 0 Å². The number of fused-ring (bicyclic) bond motifs is 1. The molecule has 2 unspecified atom stereocenters. The number of carbonyl (C=O) groups is 1. The molecule has 0 saturated carbocycles. The molecular weight excluding hydrogens is 242 g/mol. The maximum absolute atomic E-state index is 11.2. The number of imidazole rings is 1. The van der Waals surface area contributed by atoms with Crippen LogP contribution in [0.2, 0.25) is 0 Å². The van der Waals surface area contributed by atoms with Crippen LogP contribution in [0.25, 0.3) is 0 Å². The lowest BCUT2D eigenvalue weighted by atomic mass is 9.91. The molecule has 0 spiro atoms. The zero-order valence-electron chi connectivity index (χ0n) is 11.9. The van der Waals surface area contributed by atoms with Crippen LogP contribution < -0.4 is 5.32 Å². The van der Waals surface area contributed by atoms with Crippen molar-refractivity contribution in [3.05, 3.63) is 17.7 Å². The van der Waals surface area contributed by atoms with Crippen LogP contribution in [0, 0.1) is 5.92 Å².